The number of alkyl halides is 1. The van der Waals surface area contributed by atoms with Gasteiger partial charge in [-0.3, -0.25) is 33.8 Å². The summed E-state index contributed by atoms with van der Waals surface area (Å²) in [6, 6.07) is 21.5. The molecule has 5 saturated heterocycles. The van der Waals surface area contributed by atoms with Gasteiger partial charge >= 0.3 is 10.2 Å². The summed E-state index contributed by atoms with van der Waals surface area (Å²) in [5.41, 5.74) is 4.06. The van der Waals surface area contributed by atoms with Crippen LogP contribution < -0.4 is 30.1 Å². The number of halogens is 2. The Morgan fingerprint density at radius 2 is 1.53 bits per heavy atom. The Labute approximate surface area is 421 Å². The number of carbonyl (C=O) groups excluding carboxylic acids is 3. The van der Waals surface area contributed by atoms with Gasteiger partial charge in [0.2, 0.25) is 11.8 Å². The van der Waals surface area contributed by atoms with Crippen LogP contribution in [-0.4, -0.2) is 121 Å². The van der Waals surface area contributed by atoms with Crippen molar-refractivity contribution in [3.63, 3.8) is 0 Å². The minimum Gasteiger partial charge on any atom is -0.453 e. The van der Waals surface area contributed by atoms with Crippen molar-refractivity contribution in [2.75, 3.05) is 73.4 Å². The van der Waals surface area contributed by atoms with Crippen molar-refractivity contribution in [1.82, 2.24) is 29.0 Å². The monoisotopic (exact) mass is 1010 g/mol. The molecular weight excluding hydrogens is 959 g/mol. The van der Waals surface area contributed by atoms with E-state index in [9.17, 15) is 37.2 Å². The number of carbonyl (C=O) groups is 3. The van der Waals surface area contributed by atoms with E-state index in [1.165, 1.54) is 35.9 Å². The van der Waals surface area contributed by atoms with Gasteiger partial charge < -0.3 is 24.3 Å². The van der Waals surface area contributed by atoms with Crippen LogP contribution in [0.2, 0.25) is 0 Å². The number of ether oxygens (including phenoxy) is 1. The minimum atomic E-state index is -4.24. The third-order valence-electron chi connectivity index (χ3n) is 16.1. The zero-order valence-electron chi connectivity index (χ0n) is 40.3. The summed E-state index contributed by atoms with van der Waals surface area (Å²) in [5, 5.41) is 12.5. The summed E-state index contributed by atoms with van der Waals surface area (Å²) in [7, 11) is -4.24. The molecule has 1 aromatic heterocycles. The number of rotatable bonds is 11. The number of nitriles is 1. The highest BCUT2D eigenvalue weighted by Crippen LogP contribution is 2.43. The van der Waals surface area contributed by atoms with Crippen LogP contribution in [-0.2, 0) is 26.3 Å². The highest BCUT2D eigenvalue weighted by molar-refractivity contribution is 7.90. The van der Waals surface area contributed by atoms with Gasteiger partial charge in [-0.05, 0) is 154 Å². The lowest BCUT2D eigenvalue weighted by Crippen LogP contribution is -2.52. The summed E-state index contributed by atoms with van der Waals surface area (Å²) in [4.78, 5) is 64.9. The molecule has 11 rings (SSSR count). The number of piperidine rings is 4. The summed E-state index contributed by atoms with van der Waals surface area (Å²) in [6.45, 7) is 7.17. The smallest absolute Gasteiger partial charge is 0.301 e. The van der Waals surface area contributed by atoms with Crippen LogP contribution in [0.5, 0.6) is 11.5 Å². The normalized spacial score (nSPS) is 21.9. The first-order valence-corrected chi connectivity index (χ1v) is 26.6. The highest BCUT2D eigenvalue weighted by atomic mass is 32.2. The van der Waals surface area contributed by atoms with Gasteiger partial charge in [-0.25, -0.2) is 13.8 Å². The van der Waals surface area contributed by atoms with Crippen molar-refractivity contribution in [3.05, 3.63) is 112 Å². The topological polar surface area (TPSA) is 194 Å². The molecule has 0 radical (unpaired) electrons. The second kappa shape index (κ2) is 19.5. The molecule has 73 heavy (non-hydrogen) atoms. The predicted octanol–water partition coefficient (Wildman–Crippen LogP) is 6.25. The number of hydrogen-bond acceptors (Lipinski definition) is 12. The predicted molar refractivity (Wildman–Crippen MR) is 269 cm³/mol. The SMILES string of the molecule is N#Cc1c(NS(=O)(=O)N2CC[C@@H](F)C2)ccc(F)c1Oc1ccc2ncn(-c3ccc(N4CCC(CN5CCC6(CC5)CCN(c5ccc7c(c5)CN([C@H]5CCC(=O)NC5=O)C7=O)CC6)CC4)cc3)c(=O)c2c1. The maximum atomic E-state index is 15.2. The Hall–Kier alpha value is -6.95. The van der Waals surface area contributed by atoms with Gasteiger partial charge in [0, 0.05) is 75.7 Å². The number of amides is 3. The molecule has 17 nitrogen and oxygen atoms in total. The van der Waals surface area contributed by atoms with Crippen molar-refractivity contribution < 1.29 is 36.3 Å². The van der Waals surface area contributed by atoms with Gasteiger partial charge in [-0.1, -0.05) is 0 Å². The van der Waals surface area contributed by atoms with Gasteiger partial charge in [-0.2, -0.15) is 18.0 Å². The second-order valence-electron chi connectivity index (χ2n) is 20.4. The summed E-state index contributed by atoms with van der Waals surface area (Å²) in [6.07, 6.45) is 7.65. The lowest BCUT2D eigenvalue weighted by Gasteiger charge is -2.48. The third-order valence-corrected chi connectivity index (χ3v) is 17.6. The number of likely N-dealkylation sites (tertiary alicyclic amines) is 1. The first-order valence-electron chi connectivity index (χ1n) is 25.2. The fraction of sp³-hybridized carbons (Fsp3) is 0.434. The molecule has 7 heterocycles. The summed E-state index contributed by atoms with van der Waals surface area (Å²) >= 11 is 0. The van der Waals surface area contributed by atoms with Crippen molar-refractivity contribution in [2.45, 2.75) is 76.5 Å². The number of hydrogen-bond donors (Lipinski definition) is 2. The van der Waals surface area contributed by atoms with E-state index in [0.29, 0.717) is 41.1 Å². The Bertz CT molecular complexity index is 3210. The molecule has 2 N–H and O–H groups in total. The van der Waals surface area contributed by atoms with E-state index in [1.807, 2.05) is 42.5 Å². The molecule has 2 atom stereocenters. The van der Waals surface area contributed by atoms with Crippen LogP contribution in [0.4, 0.5) is 25.8 Å². The van der Waals surface area contributed by atoms with E-state index >= 15 is 4.39 Å². The molecule has 0 bridgehead atoms. The zero-order valence-corrected chi connectivity index (χ0v) is 41.1. The Balaban J connectivity index is 0.661. The minimum absolute atomic E-state index is 0.0252. The number of aromatic nitrogens is 2. The first-order chi connectivity index (χ1) is 35.2. The summed E-state index contributed by atoms with van der Waals surface area (Å²) < 4.78 is 65.3. The van der Waals surface area contributed by atoms with Gasteiger partial charge in [0.05, 0.1) is 22.3 Å². The zero-order chi connectivity index (χ0) is 50.6. The quantitative estimate of drug-likeness (QED) is 0.142. The molecule has 3 amide bonds. The number of nitrogens with one attached hydrogen (secondary N) is 2. The standard InChI is InChI=1S/C53H56F2N10O7S/c54-36-15-22-63(32-36)73(70,71)59-46-10-8-44(55)49(43(46)29-56)72-40-6-9-45-42(28-40)52(69)65(33-57-45)38-3-1-37(2-4-38)61-20-13-34(14-21-61)30-60-23-16-53(17-24-60)18-25-62(26-19-53)39-5-7-41-35(27-39)31-64(51(41)68)47-11-12-48(66)58-50(47)67/h1-10,27-28,33-34,36,47,59H,11-26,30-32H2,(H,58,66,67)/t36-,47+/m1/s1. The van der Waals surface area contributed by atoms with Crippen LogP contribution in [0.15, 0.2) is 83.9 Å². The fourth-order valence-corrected chi connectivity index (χ4v) is 13.0. The molecule has 1 spiro atoms. The van der Waals surface area contributed by atoms with Crippen LogP contribution in [0, 0.1) is 28.5 Å². The number of benzene rings is 4. The molecule has 5 fully saturated rings. The number of nitrogens with zero attached hydrogens (tertiary/aromatic N) is 8. The van der Waals surface area contributed by atoms with Gasteiger partial charge in [0.25, 0.3) is 11.5 Å². The van der Waals surface area contributed by atoms with Gasteiger partial charge in [0.1, 0.15) is 35.9 Å². The molecule has 380 valence electrons. The van der Waals surface area contributed by atoms with Crippen molar-refractivity contribution in [3.8, 4) is 23.3 Å². The number of fused-ring (bicyclic) bond motifs is 2. The molecule has 6 aliphatic rings. The van der Waals surface area contributed by atoms with Crippen LogP contribution in [0.1, 0.15) is 79.3 Å². The van der Waals surface area contributed by atoms with Gasteiger partial charge in [0.15, 0.2) is 11.6 Å². The first kappa shape index (κ1) is 48.3. The van der Waals surface area contributed by atoms with E-state index in [1.54, 1.807) is 11.0 Å². The maximum Gasteiger partial charge on any atom is 0.301 e. The van der Waals surface area contributed by atoms with E-state index in [0.717, 1.165) is 105 Å². The number of imide groups is 1. The molecular formula is C53H56F2N10O7S. The Morgan fingerprint density at radius 3 is 2.25 bits per heavy atom. The van der Waals surface area contributed by atoms with Crippen LogP contribution >= 0.6 is 0 Å². The van der Waals surface area contributed by atoms with E-state index in [4.69, 9.17) is 4.74 Å². The molecule has 0 unspecified atom stereocenters. The Kier molecular flexibility index (Phi) is 12.9. The molecule has 4 aromatic carbocycles. The lowest BCUT2D eigenvalue weighted by atomic mass is 9.71. The van der Waals surface area contributed by atoms with E-state index in [2.05, 4.69) is 35.8 Å². The van der Waals surface area contributed by atoms with Crippen molar-refractivity contribution >= 4 is 55.9 Å². The van der Waals surface area contributed by atoms with Gasteiger partial charge in [-0.15, -0.1) is 0 Å². The Morgan fingerprint density at radius 1 is 0.822 bits per heavy atom. The second-order valence-corrected chi connectivity index (χ2v) is 22.1. The molecule has 0 aliphatic carbocycles. The summed E-state index contributed by atoms with van der Waals surface area (Å²) in [5.74, 6) is -1.65. The van der Waals surface area contributed by atoms with Crippen molar-refractivity contribution in [1.29, 1.82) is 5.26 Å². The molecule has 0 saturated carbocycles. The average molecular weight is 1020 g/mol. The fourth-order valence-electron chi connectivity index (χ4n) is 11.7. The van der Waals surface area contributed by atoms with Crippen LogP contribution in [0.25, 0.3) is 16.6 Å². The molecule has 20 heteroatoms. The lowest BCUT2D eigenvalue weighted by molar-refractivity contribution is -0.136. The van der Waals surface area contributed by atoms with E-state index in [-0.39, 0.29) is 54.6 Å². The third kappa shape index (κ3) is 9.61. The number of anilines is 3. The van der Waals surface area contributed by atoms with E-state index < -0.39 is 51.0 Å². The highest BCUT2D eigenvalue weighted by Gasteiger charge is 2.41. The molecule has 6 aliphatic heterocycles. The molecule has 5 aromatic rings. The largest absolute Gasteiger partial charge is 0.453 e. The maximum absolute atomic E-state index is 15.2. The van der Waals surface area contributed by atoms with Crippen LogP contribution in [0.3, 0.4) is 0 Å². The average Bonchev–Trinajstić information content (AvgIpc) is 3.99. The van der Waals surface area contributed by atoms with Crippen molar-refractivity contribution in [2.24, 2.45) is 11.3 Å².